The minimum Gasteiger partial charge on any atom is -0.464 e. The van der Waals surface area contributed by atoms with Crippen LogP contribution in [0.25, 0.3) is 5.69 Å². The Labute approximate surface area is 153 Å². The van der Waals surface area contributed by atoms with Gasteiger partial charge >= 0.3 is 5.97 Å². The molecule has 1 aromatic carbocycles. The third-order valence-electron chi connectivity index (χ3n) is 3.59. The molecule has 0 unspecified atom stereocenters. The van der Waals surface area contributed by atoms with Crippen LogP contribution in [-0.2, 0) is 4.74 Å². The van der Waals surface area contributed by atoms with Gasteiger partial charge in [-0.1, -0.05) is 11.6 Å². The van der Waals surface area contributed by atoms with E-state index in [1.807, 2.05) is 6.07 Å². The van der Waals surface area contributed by atoms with Gasteiger partial charge < -0.3 is 20.4 Å². The summed E-state index contributed by atoms with van der Waals surface area (Å²) in [7, 11) is 1.26. The molecule has 130 valence electrons. The fourth-order valence-corrected chi connectivity index (χ4v) is 2.45. The number of halogens is 1. The standard InChI is InChI=1S/C17H13ClN6O2/c1-26-17(25)16-15(20)10(8-19)9-24(16)12-4-2-11(3-5-12)21-14-7-6-13(18)22-23-14/h2-7,9H,20H2,1H3,(H,21,23). The molecule has 3 N–H and O–H groups in total. The quantitative estimate of drug-likeness (QED) is 0.679. The Balaban J connectivity index is 1.92. The van der Waals surface area contributed by atoms with Crippen LogP contribution < -0.4 is 11.1 Å². The summed E-state index contributed by atoms with van der Waals surface area (Å²) in [5, 5.41) is 20.2. The maximum atomic E-state index is 12.0. The largest absolute Gasteiger partial charge is 0.464 e. The van der Waals surface area contributed by atoms with E-state index in [0.29, 0.717) is 16.7 Å². The van der Waals surface area contributed by atoms with Crippen LogP contribution >= 0.6 is 11.6 Å². The van der Waals surface area contributed by atoms with Gasteiger partial charge in [0.15, 0.2) is 16.7 Å². The summed E-state index contributed by atoms with van der Waals surface area (Å²) in [5.74, 6) is -0.0861. The molecule has 2 aromatic heterocycles. The van der Waals surface area contributed by atoms with Crippen molar-refractivity contribution in [3.63, 3.8) is 0 Å². The van der Waals surface area contributed by atoms with Crippen molar-refractivity contribution in [3.8, 4) is 11.8 Å². The molecule has 0 atom stereocenters. The van der Waals surface area contributed by atoms with Gasteiger partial charge in [0.05, 0.1) is 18.4 Å². The number of aromatic nitrogens is 3. The molecule has 26 heavy (non-hydrogen) atoms. The number of nitrogens with two attached hydrogens (primary N) is 1. The monoisotopic (exact) mass is 368 g/mol. The van der Waals surface area contributed by atoms with Crippen LogP contribution in [0, 0.1) is 11.3 Å². The number of carbonyl (C=O) groups excluding carboxylic acids is 1. The SMILES string of the molecule is COC(=O)c1c(N)c(C#N)cn1-c1ccc(Nc2ccc(Cl)nn2)cc1. The van der Waals surface area contributed by atoms with E-state index in [1.165, 1.54) is 17.9 Å². The van der Waals surface area contributed by atoms with Gasteiger partial charge in [-0.2, -0.15) is 5.26 Å². The number of carbonyl (C=O) groups is 1. The number of esters is 1. The third-order valence-corrected chi connectivity index (χ3v) is 3.80. The number of rotatable bonds is 4. The lowest BCUT2D eigenvalue weighted by Crippen LogP contribution is -2.11. The molecular formula is C17H13ClN6O2. The number of nitrogens with zero attached hydrogens (tertiary/aromatic N) is 4. The van der Waals surface area contributed by atoms with Crippen LogP contribution in [0.4, 0.5) is 17.2 Å². The first kappa shape index (κ1) is 17.3. The van der Waals surface area contributed by atoms with E-state index in [1.54, 1.807) is 36.4 Å². The molecule has 0 saturated carbocycles. The van der Waals surface area contributed by atoms with Crippen molar-refractivity contribution in [1.82, 2.24) is 14.8 Å². The highest BCUT2D eigenvalue weighted by Crippen LogP contribution is 2.26. The van der Waals surface area contributed by atoms with Crippen molar-refractivity contribution in [1.29, 1.82) is 5.26 Å². The Morgan fingerprint density at radius 2 is 2.00 bits per heavy atom. The average Bonchev–Trinajstić information content (AvgIpc) is 3.00. The molecular weight excluding hydrogens is 356 g/mol. The summed E-state index contributed by atoms with van der Waals surface area (Å²) in [6.45, 7) is 0. The number of nitrogen functional groups attached to an aromatic ring is 1. The first-order valence-electron chi connectivity index (χ1n) is 7.39. The summed E-state index contributed by atoms with van der Waals surface area (Å²) in [6.07, 6.45) is 1.49. The molecule has 0 amide bonds. The molecule has 0 saturated heterocycles. The van der Waals surface area contributed by atoms with E-state index >= 15 is 0 Å². The van der Waals surface area contributed by atoms with Gasteiger partial charge in [-0.25, -0.2) is 4.79 Å². The van der Waals surface area contributed by atoms with Crippen LogP contribution in [0.1, 0.15) is 16.1 Å². The Kier molecular flexibility index (Phi) is 4.73. The third kappa shape index (κ3) is 3.29. The van der Waals surface area contributed by atoms with Crippen molar-refractivity contribution < 1.29 is 9.53 Å². The van der Waals surface area contributed by atoms with Gasteiger partial charge in [0.2, 0.25) is 0 Å². The summed E-state index contributed by atoms with van der Waals surface area (Å²) in [4.78, 5) is 12.0. The van der Waals surface area contributed by atoms with E-state index in [-0.39, 0.29) is 16.9 Å². The fourth-order valence-electron chi connectivity index (χ4n) is 2.35. The maximum Gasteiger partial charge on any atom is 0.357 e. The second kappa shape index (κ2) is 7.13. The van der Waals surface area contributed by atoms with Gasteiger partial charge in [0.25, 0.3) is 0 Å². The second-order valence-electron chi connectivity index (χ2n) is 5.19. The first-order valence-corrected chi connectivity index (χ1v) is 7.77. The number of hydrogen-bond acceptors (Lipinski definition) is 7. The van der Waals surface area contributed by atoms with Crippen LogP contribution in [-0.4, -0.2) is 27.8 Å². The van der Waals surface area contributed by atoms with Crippen molar-refractivity contribution in [2.75, 3.05) is 18.2 Å². The predicted molar refractivity (Wildman–Crippen MR) is 96.6 cm³/mol. The van der Waals surface area contributed by atoms with E-state index in [2.05, 4.69) is 15.5 Å². The zero-order chi connectivity index (χ0) is 18.7. The highest BCUT2D eigenvalue weighted by molar-refractivity contribution is 6.29. The summed E-state index contributed by atoms with van der Waals surface area (Å²) >= 11 is 5.71. The highest BCUT2D eigenvalue weighted by Gasteiger charge is 2.21. The molecule has 9 heteroatoms. The van der Waals surface area contributed by atoms with Crippen LogP contribution in [0.5, 0.6) is 0 Å². The van der Waals surface area contributed by atoms with Crippen molar-refractivity contribution in [2.45, 2.75) is 0 Å². The molecule has 0 bridgehead atoms. The molecule has 0 aliphatic heterocycles. The van der Waals surface area contributed by atoms with Gasteiger partial charge in [0, 0.05) is 17.6 Å². The normalized spacial score (nSPS) is 10.2. The van der Waals surface area contributed by atoms with Gasteiger partial charge in [0.1, 0.15) is 6.07 Å². The summed E-state index contributed by atoms with van der Waals surface area (Å²) < 4.78 is 6.28. The first-order chi connectivity index (χ1) is 12.5. The number of methoxy groups -OCH3 is 1. The van der Waals surface area contributed by atoms with E-state index in [4.69, 9.17) is 27.3 Å². The predicted octanol–water partition coefficient (Wildman–Crippen LogP) is 2.90. The summed E-state index contributed by atoms with van der Waals surface area (Å²) in [5.41, 5.74) is 7.67. The Morgan fingerprint density at radius 3 is 2.58 bits per heavy atom. The Morgan fingerprint density at radius 1 is 1.27 bits per heavy atom. The van der Waals surface area contributed by atoms with E-state index in [0.717, 1.165) is 5.69 Å². The molecule has 0 aliphatic carbocycles. The molecule has 0 spiro atoms. The number of nitrogens with one attached hydrogen (secondary N) is 1. The van der Waals surface area contributed by atoms with Gasteiger partial charge in [-0.05, 0) is 36.4 Å². The second-order valence-corrected chi connectivity index (χ2v) is 5.58. The number of hydrogen-bond donors (Lipinski definition) is 2. The number of ether oxygens (including phenoxy) is 1. The zero-order valence-corrected chi connectivity index (χ0v) is 14.4. The van der Waals surface area contributed by atoms with Crippen molar-refractivity contribution in [3.05, 3.63) is 59.0 Å². The lowest BCUT2D eigenvalue weighted by atomic mass is 10.2. The zero-order valence-electron chi connectivity index (χ0n) is 13.6. The molecule has 3 aromatic rings. The van der Waals surface area contributed by atoms with Crippen LogP contribution in [0.15, 0.2) is 42.6 Å². The Hall–Kier alpha value is -3.57. The van der Waals surface area contributed by atoms with Crippen molar-refractivity contribution >= 4 is 34.8 Å². The molecule has 8 nitrogen and oxygen atoms in total. The van der Waals surface area contributed by atoms with Crippen LogP contribution in [0.3, 0.4) is 0 Å². The smallest absolute Gasteiger partial charge is 0.357 e. The molecule has 2 heterocycles. The van der Waals surface area contributed by atoms with E-state index in [9.17, 15) is 4.79 Å². The number of benzene rings is 1. The minimum absolute atomic E-state index is 0.0815. The molecule has 0 radical (unpaired) electrons. The Bertz CT molecular complexity index is 990. The highest BCUT2D eigenvalue weighted by atomic mass is 35.5. The maximum absolute atomic E-state index is 12.0. The fraction of sp³-hybridized carbons (Fsp3) is 0.0588. The molecule has 0 fully saturated rings. The summed E-state index contributed by atoms with van der Waals surface area (Å²) in [6, 6.07) is 12.4. The molecule has 0 aliphatic rings. The minimum atomic E-state index is -0.623. The molecule has 3 rings (SSSR count). The topological polar surface area (TPSA) is 119 Å². The number of nitriles is 1. The van der Waals surface area contributed by atoms with E-state index < -0.39 is 5.97 Å². The van der Waals surface area contributed by atoms with Crippen molar-refractivity contribution in [2.24, 2.45) is 0 Å². The number of anilines is 3. The lowest BCUT2D eigenvalue weighted by molar-refractivity contribution is 0.0593. The lowest BCUT2D eigenvalue weighted by Gasteiger charge is -2.10. The van der Waals surface area contributed by atoms with Gasteiger partial charge in [-0.3, -0.25) is 0 Å². The van der Waals surface area contributed by atoms with Gasteiger partial charge in [-0.15, -0.1) is 10.2 Å². The average molecular weight is 369 g/mol. The van der Waals surface area contributed by atoms with Crippen LogP contribution in [0.2, 0.25) is 5.15 Å².